The van der Waals surface area contributed by atoms with Crippen LogP contribution in [0.25, 0.3) is 0 Å². The maximum Gasteiger partial charge on any atom is 0.168 e. The number of fused-ring (bicyclic) bond motifs is 1. The molecule has 0 spiro atoms. The smallest absolute Gasteiger partial charge is 0.168 e. The van der Waals surface area contributed by atoms with Gasteiger partial charge in [-0.05, 0) is 62.9 Å². The molecular weight excluding hydrogens is 398 g/mol. The van der Waals surface area contributed by atoms with Gasteiger partial charge in [-0.1, -0.05) is 0 Å². The Hall–Kier alpha value is -1.60. The fourth-order valence-corrected chi connectivity index (χ4v) is 5.15. The number of aromatic hydroxyl groups is 1. The van der Waals surface area contributed by atoms with Crippen LogP contribution in [0.1, 0.15) is 39.4 Å². The van der Waals surface area contributed by atoms with E-state index in [1.54, 1.807) is 35.6 Å². The minimum absolute atomic E-state index is 0. The summed E-state index contributed by atoms with van der Waals surface area (Å²) in [5, 5.41) is 23.4. The van der Waals surface area contributed by atoms with Crippen LogP contribution < -0.4 is 10.1 Å². The summed E-state index contributed by atoms with van der Waals surface area (Å²) < 4.78 is 5.87. The largest absolute Gasteiger partial charge is 0.508 e. The third-order valence-corrected chi connectivity index (χ3v) is 6.70. The molecule has 3 N–H and O–H groups in total. The highest BCUT2D eigenvalue weighted by molar-refractivity contribution is 7.12. The molecule has 1 saturated carbocycles. The Bertz CT molecular complexity index is 822. The zero-order valence-corrected chi connectivity index (χ0v) is 17.4. The molecule has 7 heteroatoms. The molecule has 0 saturated heterocycles. The number of phenols is 1. The third-order valence-electron chi connectivity index (χ3n) is 5.59. The number of carbonyl (C=O) groups is 1. The minimum atomic E-state index is -0.614. The number of carbonyl (C=O) groups excluding carboxylic acids is 1. The van der Waals surface area contributed by atoms with E-state index in [2.05, 4.69) is 5.32 Å². The van der Waals surface area contributed by atoms with E-state index in [0.29, 0.717) is 12.3 Å². The maximum absolute atomic E-state index is 12.7. The lowest BCUT2D eigenvalue weighted by Crippen LogP contribution is -2.44. The predicted molar refractivity (Wildman–Crippen MR) is 112 cm³/mol. The summed E-state index contributed by atoms with van der Waals surface area (Å²) in [5.74, 6) is 1.04. The van der Waals surface area contributed by atoms with Crippen LogP contribution in [0.3, 0.4) is 0 Å². The Morgan fingerprint density at radius 1 is 1.21 bits per heavy atom. The average Bonchev–Trinajstić information content (AvgIpc) is 3.20. The number of aryl methyl sites for hydroxylation is 2. The van der Waals surface area contributed by atoms with E-state index in [-0.39, 0.29) is 42.0 Å². The molecule has 2 aliphatic carbocycles. The van der Waals surface area contributed by atoms with Gasteiger partial charge in [0.1, 0.15) is 23.7 Å². The molecule has 0 amide bonds. The van der Waals surface area contributed by atoms with Gasteiger partial charge >= 0.3 is 0 Å². The number of halogens is 1. The van der Waals surface area contributed by atoms with E-state index in [1.807, 2.05) is 13.0 Å². The van der Waals surface area contributed by atoms with Crippen LogP contribution in [0.4, 0.5) is 0 Å². The Balaban J connectivity index is 0.00000225. The molecule has 1 aromatic carbocycles. The van der Waals surface area contributed by atoms with E-state index in [0.717, 1.165) is 31.2 Å². The fraction of sp³-hybridized carbons (Fsp3) is 0.476. The second-order valence-electron chi connectivity index (χ2n) is 7.53. The monoisotopic (exact) mass is 423 g/mol. The Kier molecular flexibility index (Phi) is 6.65. The number of nitrogens with one attached hydrogen (secondary N) is 1. The van der Waals surface area contributed by atoms with Crippen LogP contribution in [-0.4, -0.2) is 40.8 Å². The van der Waals surface area contributed by atoms with E-state index >= 15 is 0 Å². The number of ether oxygens (including phenoxy) is 1. The van der Waals surface area contributed by atoms with Crippen LogP contribution in [0.5, 0.6) is 11.5 Å². The quantitative estimate of drug-likeness (QED) is 0.686. The summed E-state index contributed by atoms with van der Waals surface area (Å²) in [5.41, 5.74) is 0.899. The van der Waals surface area contributed by atoms with Crippen molar-refractivity contribution in [2.75, 3.05) is 6.54 Å². The van der Waals surface area contributed by atoms with Crippen LogP contribution in [-0.2, 0) is 6.42 Å². The van der Waals surface area contributed by atoms with E-state index in [9.17, 15) is 15.0 Å². The van der Waals surface area contributed by atoms with Gasteiger partial charge < -0.3 is 20.3 Å². The number of rotatable bonds is 5. The first kappa shape index (κ1) is 21.1. The van der Waals surface area contributed by atoms with Crippen molar-refractivity contribution in [1.82, 2.24) is 5.32 Å². The molecule has 4 atom stereocenters. The van der Waals surface area contributed by atoms with Crippen molar-refractivity contribution < 1.29 is 19.7 Å². The number of aliphatic hydroxyl groups excluding tert-OH is 1. The van der Waals surface area contributed by atoms with Gasteiger partial charge in [-0.2, -0.15) is 0 Å². The van der Waals surface area contributed by atoms with Gasteiger partial charge in [-0.3, -0.25) is 4.79 Å². The van der Waals surface area contributed by atoms with Crippen molar-refractivity contribution >= 4 is 29.5 Å². The molecule has 0 radical (unpaired) electrons. The normalized spacial score (nSPS) is 26.6. The summed E-state index contributed by atoms with van der Waals surface area (Å²) in [6, 6.07) is 8.49. The van der Waals surface area contributed by atoms with E-state index < -0.39 is 6.10 Å². The van der Waals surface area contributed by atoms with Crippen LogP contribution in [0.15, 0.2) is 30.3 Å². The Labute approximate surface area is 175 Å². The molecule has 4 unspecified atom stereocenters. The molecule has 2 aliphatic rings. The zero-order valence-electron chi connectivity index (χ0n) is 15.8. The van der Waals surface area contributed by atoms with Gasteiger partial charge in [0, 0.05) is 33.8 Å². The second kappa shape index (κ2) is 8.82. The van der Waals surface area contributed by atoms with Gasteiger partial charge in [0.05, 0.1) is 0 Å². The predicted octanol–water partition coefficient (Wildman–Crippen LogP) is 3.49. The van der Waals surface area contributed by atoms with Gasteiger partial charge in [0.2, 0.25) is 0 Å². The summed E-state index contributed by atoms with van der Waals surface area (Å²) in [4.78, 5) is 15.1. The molecule has 1 heterocycles. The lowest BCUT2D eigenvalue weighted by atomic mass is 9.87. The number of Topliss-reactive ketones (excluding diaryl/α,β-unsaturated/α-hetero) is 1. The molecule has 0 aliphatic heterocycles. The molecule has 28 heavy (non-hydrogen) atoms. The first-order valence-corrected chi connectivity index (χ1v) is 10.3. The van der Waals surface area contributed by atoms with Gasteiger partial charge in [-0.15, -0.1) is 23.7 Å². The van der Waals surface area contributed by atoms with Gasteiger partial charge in [0.25, 0.3) is 0 Å². The van der Waals surface area contributed by atoms with Crippen molar-refractivity contribution in [2.24, 2.45) is 5.92 Å². The number of phenolic OH excluding ortho intramolecular Hbond substituents is 1. The van der Waals surface area contributed by atoms with Crippen molar-refractivity contribution in [1.29, 1.82) is 0 Å². The highest BCUT2D eigenvalue weighted by Gasteiger charge is 2.37. The minimum Gasteiger partial charge on any atom is -0.508 e. The Morgan fingerprint density at radius 2 is 1.96 bits per heavy atom. The van der Waals surface area contributed by atoms with Crippen molar-refractivity contribution in [3.8, 4) is 11.5 Å². The molecule has 2 aromatic rings. The lowest BCUT2D eigenvalue weighted by Gasteiger charge is -2.25. The van der Waals surface area contributed by atoms with Crippen molar-refractivity contribution in [3.63, 3.8) is 0 Å². The first-order chi connectivity index (χ1) is 13.0. The van der Waals surface area contributed by atoms with Crippen molar-refractivity contribution in [2.45, 2.75) is 50.9 Å². The summed E-state index contributed by atoms with van der Waals surface area (Å²) in [6.07, 6.45) is 2.51. The standard InChI is InChI=1S/C21H25NO4S.ClH/c1-12-10-16-19(27-12)9-2-13(20(16)24)11-22-17-7-8-18(21(17)25)26-15-5-3-14(23)4-6-15;/h3-6,10,13,17-18,21-23,25H,2,7-9,11H2,1H3;1H. The molecule has 5 nitrogen and oxygen atoms in total. The highest BCUT2D eigenvalue weighted by Crippen LogP contribution is 2.32. The van der Waals surface area contributed by atoms with Crippen LogP contribution in [0, 0.1) is 12.8 Å². The lowest BCUT2D eigenvalue weighted by molar-refractivity contribution is 0.0441. The molecule has 0 bridgehead atoms. The highest BCUT2D eigenvalue weighted by atomic mass is 35.5. The molecule has 1 aromatic heterocycles. The zero-order chi connectivity index (χ0) is 19.0. The first-order valence-electron chi connectivity index (χ1n) is 9.52. The van der Waals surface area contributed by atoms with E-state index in [1.165, 1.54) is 9.75 Å². The topological polar surface area (TPSA) is 78.8 Å². The summed E-state index contributed by atoms with van der Waals surface area (Å²) >= 11 is 1.73. The SMILES string of the molecule is Cc1cc2c(s1)CCC(CNC1CCC(Oc3ccc(O)cc3)C1O)C2=O.Cl. The Morgan fingerprint density at radius 3 is 2.71 bits per heavy atom. The maximum atomic E-state index is 12.7. The molecule has 152 valence electrons. The molecular formula is C21H26ClNO4S. The summed E-state index contributed by atoms with van der Waals surface area (Å²) in [7, 11) is 0. The van der Waals surface area contributed by atoms with E-state index in [4.69, 9.17) is 4.74 Å². The third kappa shape index (κ3) is 4.35. The number of ketones is 1. The molecule has 1 fully saturated rings. The van der Waals surface area contributed by atoms with Crippen molar-refractivity contribution in [3.05, 3.63) is 45.6 Å². The average molecular weight is 424 g/mol. The second-order valence-corrected chi connectivity index (χ2v) is 8.87. The van der Waals surface area contributed by atoms with Crippen LogP contribution >= 0.6 is 23.7 Å². The number of hydrogen-bond acceptors (Lipinski definition) is 6. The number of benzene rings is 1. The van der Waals surface area contributed by atoms with Gasteiger partial charge in [-0.25, -0.2) is 0 Å². The molecule has 4 rings (SSSR count). The number of thiophene rings is 1. The fourth-order valence-electron chi connectivity index (χ4n) is 4.10. The van der Waals surface area contributed by atoms with Crippen LogP contribution in [0.2, 0.25) is 0 Å². The summed E-state index contributed by atoms with van der Waals surface area (Å²) in [6.45, 7) is 2.65. The van der Waals surface area contributed by atoms with Gasteiger partial charge in [0.15, 0.2) is 5.78 Å². The number of hydrogen-bond donors (Lipinski definition) is 3. The number of aliphatic hydroxyl groups is 1.